The molecule has 4 heteroatoms. The predicted octanol–water partition coefficient (Wildman–Crippen LogP) is 17.1. The van der Waals surface area contributed by atoms with Crippen molar-refractivity contribution in [3.8, 4) is 22.3 Å². The molecular formula is C59H42N2O2. The van der Waals surface area contributed by atoms with E-state index in [9.17, 15) is 0 Å². The van der Waals surface area contributed by atoms with E-state index in [1.165, 1.54) is 5.39 Å². The molecule has 11 aromatic rings. The van der Waals surface area contributed by atoms with Gasteiger partial charge in [0.05, 0.1) is 17.1 Å². The van der Waals surface area contributed by atoms with E-state index in [4.69, 9.17) is 8.83 Å². The third-order valence-electron chi connectivity index (χ3n) is 12.6. The molecule has 1 aliphatic carbocycles. The molecule has 63 heavy (non-hydrogen) atoms. The Labute approximate surface area is 365 Å². The normalized spacial score (nSPS) is 13.9. The third kappa shape index (κ3) is 6.22. The van der Waals surface area contributed by atoms with Crippen molar-refractivity contribution >= 4 is 83.1 Å². The summed E-state index contributed by atoms with van der Waals surface area (Å²) in [4.78, 5) is 4.79. The van der Waals surface area contributed by atoms with Gasteiger partial charge in [-0.15, -0.1) is 0 Å². The van der Waals surface area contributed by atoms with Gasteiger partial charge >= 0.3 is 0 Å². The van der Waals surface area contributed by atoms with Crippen LogP contribution in [0.5, 0.6) is 0 Å². The average molecular weight is 811 g/mol. The number of para-hydroxylation sites is 5. The van der Waals surface area contributed by atoms with Crippen molar-refractivity contribution in [2.45, 2.75) is 13.3 Å². The van der Waals surface area contributed by atoms with Gasteiger partial charge in [-0.05, 0) is 101 Å². The maximum absolute atomic E-state index is 6.83. The highest BCUT2D eigenvalue weighted by atomic mass is 16.3. The van der Waals surface area contributed by atoms with Crippen molar-refractivity contribution in [3.05, 3.63) is 224 Å². The van der Waals surface area contributed by atoms with Gasteiger partial charge in [0, 0.05) is 44.0 Å². The molecule has 4 nitrogen and oxygen atoms in total. The highest BCUT2D eigenvalue weighted by Crippen LogP contribution is 2.50. The Morgan fingerprint density at radius 3 is 1.57 bits per heavy atom. The first kappa shape index (κ1) is 36.7. The fraction of sp³-hybridized carbons (Fsp3) is 0.0508. The molecule has 0 radical (unpaired) electrons. The molecule has 2 aromatic heterocycles. The van der Waals surface area contributed by atoms with E-state index in [1.54, 1.807) is 0 Å². The zero-order valence-corrected chi connectivity index (χ0v) is 34.8. The van der Waals surface area contributed by atoms with E-state index < -0.39 is 0 Å². The lowest BCUT2D eigenvalue weighted by Crippen LogP contribution is -2.18. The molecule has 0 fully saturated rings. The summed E-state index contributed by atoms with van der Waals surface area (Å²) in [5.74, 6) is 0.437. The number of fused-ring (bicyclic) bond motifs is 7. The average Bonchev–Trinajstić information content (AvgIpc) is 3.93. The number of hydrogen-bond donors (Lipinski definition) is 0. The summed E-state index contributed by atoms with van der Waals surface area (Å²) >= 11 is 0. The van der Waals surface area contributed by atoms with E-state index in [0.29, 0.717) is 5.92 Å². The van der Waals surface area contributed by atoms with E-state index in [-0.39, 0.29) is 0 Å². The molecule has 1 aliphatic rings. The van der Waals surface area contributed by atoms with Crippen LogP contribution >= 0.6 is 0 Å². The summed E-state index contributed by atoms with van der Waals surface area (Å²) in [5, 5.41) is 6.64. The second-order valence-electron chi connectivity index (χ2n) is 16.5. The van der Waals surface area contributed by atoms with Crippen molar-refractivity contribution in [2.24, 2.45) is 5.92 Å². The third-order valence-corrected chi connectivity index (χ3v) is 12.6. The minimum Gasteiger partial charge on any atom is -0.454 e. The Kier molecular flexibility index (Phi) is 8.82. The van der Waals surface area contributed by atoms with Gasteiger partial charge in [0.2, 0.25) is 0 Å². The topological polar surface area (TPSA) is 32.8 Å². The molecule has 1 atom stereocenters. The highest BCUT2D eigenvalue weighted by molar-refractivity contribution is 6.17. The summed E-state index contributed by atoms with van der Waals surface area (Å²) < 4.78 is 13.6. The predicted molar refractivity (Wildman–Crippen MR) is 264 cm³/mol. The SMILES string of the molecule is CC1C=CC(N(c2ccc(-c3ccccc3)c3c(-c4ccccc4)cc(N(c4ccccc4)c4cccc5c4oc4ccccc45)cc23)c2cccc3c2oc2ccccc23)=CC1. The molecule has 0 N–H and O–H groups in total. The van der Waals surface area contributed by atoms with Gasteiger partial charge in [0.15, 0.2) is 11.2 Å². The van der Waals surface area contributed by atoms with Gasteiger partial charge in [0.1, 0.15) is 11.2 Å². The summed E-state index contributed by atoms with van der Waals surface area (Å²) in [6.45, 7) is 2.28. The summed E-state index contributed by atoms with van der Waals surface area (Å²) in [6, 6.07) is 71.3. The highest BCUT2D eigenvalue weighted by Gasteiger charge is 2.27. The molecule has 2 heterocycles. The zero-order chi connectivity index (χ0) is 41.9. The Balaban J connectivity index is 1.22. The fourth-order valence-electron chi connectivity index (χ4n) is 9.59. The van der Waals surface area contributed by atoms with Crippen LogP contribution in [-0.4, -0.2) is 0 Å². The fourth-order valence-corrected chi connectivity index (χ4v) is 9.59. The van der Waals surface area contributed by atoms with Crippen LogP contribution in [0.4, 0.5) is 28.4 Å². The Hall–Kier alpha value is -8.08. The molecule has 0 saturated heterocycles. The second kappa shape index (κ2) is 15.1. The van der Waals surface area contributed by atoms with Crippen LogP contribution in [0.15, 0.2) is 233 Å². The van der Waals surface area contributed by atoms with Gasteiger partial charge in [0.25, 0.3) is 0 Å². The van der Waals surface area contributed by atoms with Crippen molar-refractivity contribution < 1.29 is 8.83 Å². The van der Waals surface area contributed by atoms with Gasteiger partial charge < -0.3 is 18.6 Å². The molecule has 0 bridgehead atoms. The Morgan fingerprint density at radius 1 is 0.429 bits per heavy atom. The monoisotopic (exact) mass is 810 g/mol. The van der Waals surface area contributed by atoms with Crippen LogP contribution in [0.1, 0.15) is 13.3 Å². The van der Waals surface area contributed by atoms with E-state index in [1.807, 2.05) is 12.1 Å². The minimum atomic E-state index is 0.437. The maximum Gasteiger partial charge on any atom is 0.159 e. The molecule has 0 spiro atoms. The molecule has 0 saturated carbocycles. The minimum absolute atomic E-state index is 0.437. The Bertz CT molecular complexity index is 3560. The summed E-state index contributed by atoms with van der Waals surface area (Å²) in [5.41, 5.74) is 14.2. The van der Waals surface area contributed by atoms with Gasteiger partial charge in [-0.3, -0.25) is 0 Å². The second-order valence-corrected chi connectivity index (χ2v) is 16.5. The van der Waals surface area contributed by atoms with E-state index in [2.05, 4.69) is 223 Å². The van der Waals surface area contributed by atoms with E-state index >= 15 is 0 Å². The van der Waals surface area contributed by atoms with Gasteiger partial charge in [-0.2, -0.15) is 0 Å². The number of hydrogen-bond acceptors (Lipinski definition) is 4. The maximum atomic E-state index is 6.83. The molecule has 0 amide bonds. The Morgan fingerprint density at radius 2 is 0.968 bits per heavy atom. The van der Waals surface area contributed by atoms with Gasteiger partial charge in [-0.1, -0.05) is 165 Å². The van der Waals surface area contributed by atoms with Crippen LogP contribution in [0, 0.1) is 5.92 Å². The molecular weight excluding hydrogens is 769 g/mol. The number of furan rings is 2. The van der Waals surface area contributed by atoms with Crippen LogP contribution in [0.3, 0.4) is 0 Å². The number of nitrogens with zero attached hydrogens (tertiary/aromatic N) is 2. The van der Waals surface area contributed by atoms with Crippen molar-refractivity contribution in [1.82, 2.24) is 0 Å². The van der Waals surface area contributed by atoms with Crippen LogP contribution < -0.4 is 9.80 Å². The number of rotatable bonds is 8. The summed E-state index contributed by atoms with van der Waals surface area (Å²) in [7, 11) is 0. The molecule has 0 aliphatic heterocycles. The lowest BCUT2D eigenvalue weighted by molar-refractivity contribution is 0.668. The molecule has 300 valence electrons. The molecule has 9 aromatic carbocycles. The number of benzene rings is 9. The number of anilines is 5. The quantitative estimate of drug-likeness (QED) is 0.153. The zero-order valence-electron chi connectivity index (χ0n) is 34.8. The lowest BCUT2D eigenvalue weighted by Gasteiger charge is -2.32. The van der Waals surface area contributed by atoms with Crippen LogP contribution in [0.25, 0.3) is 76.9 Å². The molecule has 12 rings (SSSR count). The number of allylic oxidation sites excluding steroid dienone is 3. The van der Waals surface area contributed by atoms with Crippen LogP contribution in [0.2, 0.25) is 0 Å². The first-order chi connectivity index (χ1) is 31.2. The van der Waals surface area contributed by atoms with Crippen molar-refractivity contribution in [1.29, 1.82) is 0 Å². The molecule has 1 unspecified atom stereocenters. The largest absolute Gasteiger partial charge is 0.454 e. The van der Waals surface area contributed by atoms with Gasteiger partial charge in [-0.25, -0.2) is 0 Å². The van der Waals surface area contributed by atoms with Crippen LogP contribution in [-0.2, 0) is 0 Å². The first-order valence-corrected chi connectivity index (χ1v) is 21.7. The van der Waals surface area contributed by atoms with Crippen molar-refractivity contribution in [2.75, 3.05) is 9.80 Å². The first-order valence-electron chi connectivity index (χ1n) is 21.7. The van der Waals surface area contributed by atoms with Crippen molar-refractivity contribution in [3.63, 3.8) is 0 Å². The van der Waals surface area contributed by atoms with E-state index in [0.717, 1.165) is 112 Å². The standard InChI is InChI=1S/C59H42N2O2/c1-39-31-33-43(34-32-39)61(54-28-16-26-49-47-24-12-14-30-56(47)63-59(49)54)52-36-35-45(40-17-5-2-6-18-40)57-50(41-19-7-3-8-20-41)37-44(38-51(52)57)60(42-21-9-4-10-22-42)53-27-15-25-48-46-23-11-13-29-55(46)62-58(48)53/h2-31,33-39H,32H2,1H3. The smallest absolute Gasteiger partial charge is 0.159 e. The lowest BCUT2D eigenvalue weighted by atomic mass is 9.89. The summed E-state index contributed by atoms with van der Waals surface area (Å²) in [6.07, 6.45) is 7.92.